The Kier molecular flexibility index (Phi) is 6.33. The smallest absolute Gasteiger partial charge is 0.270 e. The number of carbonyl (C=O) groups is 1. The van der Waals surface area contributed by atoms with Gasteiger partial charge in [0.1, 0.15) is 10.7 Å². The highest BCUT2D eigenvalue weighted by molar-refractivity contribution is 7.09. The summed E-state index contributed by atoms with van der Waals surface area (Å²) in [6.07, 6.45) is 0.770. The van der Waals surface area contributed by atoms with Gasteiger partial charge in [-0.2, -0.15) is 0 Å². The molecule has 1 heterocycles. The molecule has 2 rings (SSSR count). The van der Waals surface area contributed by atoms with E-state index < -0.39 is 0 Å². The van der Waals surface area contributed by atoms with Crippen LogP contribution in [0.2, 0.25) is 0 Å². The second kappa shape index (κ2) is 8.51. The highest BCUT2D eigenvalue weighted by Crippen LogP contribution is 2.08. The summed E-state index contributed by atoms with van der Waals surface area (Å²) in [5.41, 5.74) is 7.05. The molecule has 0 fully saturated rings. The van der Waals surface area contributed by atoms with Crippen LogP contribution in [-0.4, -0.2) is 24.0 Å². The fourth-order valence-electron chi connectivity index (χ4n) is 1.74. The lowest BCUT2D eigenvalue weighted by Gasteiger charge is -2.05. The van der Waals surface area contributed by atoms with Crippen molar-refractivity contribution in [2.75, 3.05) is 13.2 Å². The molecule has 0 aliphatic heterocycles. The summed E-state index contributed by atoms with van der Waals surface area (Å²) in [4.78, 5) is 15.9. The van der Waals surface area contributed by atoms with Crippen LogP contribution in [0.1, 0.15) is 27.5 Å². The molecule has 0 bridgehead atoms. The minimum Gasteiger partial charge on any atom is -0.377 e. The van der Waals surface area contributed by atoms with Gasteiger partial charge in [-0.15, -0.1) is 11.3 Å². The topological polar surface area (TPSA) is 77.2 Å². The minimum absolute atomic E-state index is 0.158. The maximum absolute atomic E-state index is 11.8. The predicted molar refractivity (Wildman–Crippen MR) is 83.1 cm³/mol. The van der Waals surface area contributed by atoms with E-state index in [0.29, 0.717) is 32.0 Å². The first-order valence-corrected chi connectivity index (χ1v) is 7.72. The number of hydrogen-bond donors (Lipinski definition) is 2. The lowest BCUT2D eigenvalue weighted by atomic mass is 10.2. The van der Waals surface area contributed by atoms with Crippen molar-refractivity contribution in [3.05, 3.63) is 52.0 Å². The first-order valence-electron chi connectivity index (χ1n) is 6.84. The molecule has 0 saturated heterocycles. The van der Waals surface area contributed by atoms with Crippen LogP contribution >= 0.6 is 11.3 Å². The lowest BCUT2D eigenvalue weighted by molar-refractivity contribution is 0.0930. The number of nitrogens with one attached hydrogen (secondary N) is 1. The summed E-state index contributed by atoms with van der Waals surface area (Å²) >= 11 is 1.40. The van der Waals surface area contributed by atoms with Gasteiger partial charge in [-0.1, -0.05) is 30.3 Å². The summed E-state index contributed by atoms with van der Waals surface area (Å²) in [7, 11) is 0. The Balaban J connectivity index is 1.58. The second-order valence-corrected chi connectivity index (χ2v) is 5.42. The molecule has 21 heavy (non-hydrogen) atoms. The van der Waals surface area contributed by atoms with Gasteiger partial charge in [0, 0.05) is 25.1 Å². The average molecular weight is 305 g/mol. The lowest BCUT2D eigenvalue weighted by Crippen LogP contribution is -2.25. The zero-order chi connectivity index (χ0) is 14.9. The molecule has 0 radical (unpaired) electrons. The molecule has 6 heteroatoms. The van der Waals surface area contributed by atoms with Crippen LogP contribution in [0.25, 0.3) is 0 Å². The standard InChI is InChI=1S/C15H19N3O2S/c16-9-14-18-13(11-21-14)15(19)17-7-4-8-20-10-12-5-2-1-3-6-12/h1-3,5-6,11H,4,7-10,16H2,(H,17,19). The largest absolute Gasteiger partial charge is 0.377 e. The Labute approximate surface area is 128 Å². The first-order chi connectivity index (χ1) is 10.3. The molecule has 1 aromatic heterocycles. The summed E-state index contributed by atoms with van der Waals surface area (Å²) in [5.74, 6) is -0.158. The molecule has 0 aliphatic rings. The Morgan fingerprint density at radius 1 is 1.33 bits per heavy atom. The third kappa shape index (κ3) is 5.26. The molecule has 0 spiro atoms. The maximum Gasteiger partial charge on any atom is 0.270 e. The molecular weight excluding hydrogens is 286 g/mol. The van der Waals surface area contributed by atoms with Crippen molar-refractivity contribution in [1.29, 1.82) is 0 Å². The van der Waals surface area contributed by atoms with E-state index in [1.165, 1.54) is 11.3 Å². The number of ether oxygens (including phenoxy) is 1. The Hall–Kier alpha value is -1.76. The molecule has 1 amide bonds. The van der Waals surface area contributed by atoms with Crippen molar-refractivity contribution in [3.63, 3.8) is 0 Å². The molecule has 0 atom stereocenters. The zero-order valence-corrected chi connectivity index (χ0v) is 12.6. The van der Waals surface area contributed by atoms with E-state index in [9.17, 15) is 4.79 Å². The third-order valence-corrected chi connectivity index (χ3v) is 3.69. The van der Waals surface area contributed by atoms with E-state index >= 15 is 0 Å². The van der Waals surface area contributed by atoms with E-state index in [1.807, 2.05) is 30.3 Å². The number of aromatic nitrogens is 1. The van der Waals surface area contributed by atoms with Crippen molar-refractivity contribution in [3.8, 4) is 0 Å². The van der Waals surface area contributed by atoms with Gasteiger partial charge < -0.3 is 15.8 Å². The van der Waals surface area contributed by atoms with Gasteiger partial charge in [-0.25, -0.2) is 4.98 Å². The number of rotatable bonds is 8. The van der Waals surface area contributed by atoms with Gasteiger partial charge in [-0.05, 0) is 12.0 Å². The van der Waals surface area contributed by atoms with E-state index in [2.05, 4.69) is 10.3 Å². The monoisotopic (exact) mass is 305 g/mol. The van der Waals surface area contributed by atoms with Crippen molar-refractivity contribution in [2.24, 2.45) is 5.73 Å². The number of hydrogen-bond acceptors (Lipinski definition) is 5. The molecule has 0 saturated carbocycles. The van der Waals surface area contributed by atoms with Crippen molar-refractivity contribution in [2.45, 2.75) is 19.6 Å². The SMILES string of the molecule is NCc1nc(C(=O)NCCCOCc2ccccc2)cs1. The van der Waals surface area contributed by atoms with Gasteiger partial charge in [0.05, 0.1) is 6.61 Å². The van der Waals surface area contributed by atoms with Crippen LogP contribution in [0.3, 0.4) is 0 Å². The molecule has 2 aromatic rings. The molecular formula is C15H19N3O2S. The average Bonchev–Trinajstić information content (AvgIpc) is 3.00. The number of benzene rings is 1. The maximum atomic E-state index is 11.8. The fourth-order valence-corrected chi connectivity index (χ4v) is 2.39. The van der Waals surface area contributed by atoms with Crippen LogP contribution in [0, 0.1) is 0 Å². The van der Waals surface area contributed by atoms with E-state index in [0.717, 1.165) is 17.0 Å². The van der Waals surface area contributed by atoms with Gasteiger partial charge in [0.15, 0.2) is 0 Å². The minimum atomic E-state index is -0.158. The summed E-state index contributed by atoms with van der Waals surface area (Å²) in [6.45, 7) is 2.15. The van der Waals surface area contributed by atoms with Crippen molar-refractivity contribution >= 4 is 17.2 Å². The van der Waals surface area contributed by atoms with Gasteiger partial charge in [0.25, 0.3) is 5.91 Å². The third-order valence-electron chi connectivity index (χ3n) is 2.82. The highest BCUT2D eigenvalue weighted by atomic mass is 32.1. The van der Waals surface area contributed by atoms with Gasteiger partial charge in [-0.3, -0.25) is 4.79 Å². The van der Waals surface area contributed by atoms with Crippen LogP contribution in [0.5, 0.6) is 0 Å². The van der Waals surface area contributed by atoms with Gasteiger partial charge in [0.2, 0.25) is 0 Å². The summed E-state index contributed by atoms with van der Waals surface area (Å²) in [5, 5.41) is 5.31. The van der Waals surface area contributed by atoms with Crippen molar-refractivity contribution in [1.82, 2.24) is 10.3 Å². The molecule has 0 unspecified atom stereocenters. The molecule has 1 aromatic carbocycles. The second-order valence-electron chi connectivity index (χ2n) is 4.48. The predicted octanol–water partition coefficient (Wildman–Crippen LogP) is 1.94. The molecule has 5 nitrogen and oxygen atoms in total. The van der Waals surface area contributed by atoms with Crippen molar-refractivity contribution < 1.29 is 9.53 Å². The number of nitrogens with two attached hydrogens (primary N) is 1. The number of thiazole rings is 1. The molecule has 3 N–H and O–H groups in total. The number of nitrogens with zero attached hydrogens (tertiary/aromatic N) is 1. The highest BCUT2D eigenvalue weighted by Gasteiger charge is 2.08. The number of amides is 1. The first kappa shape index (κ1) is 15.6. The van der Waals surface area contributed by atoms with E-state index in [-0.39, 0.29) is 5.91 Å². The van der Waals surface area contributed by atoms with Crippen LogP contribution in [0.4, 0.5) is 0 Å². The van der Waals surface area contributed by atoms with Crippen LogP contribution < -0.4 is 11.1 Å². The van der Waals surface area contributed by atoms with E-state index in [1.54, 1.807) is 5.38 Å². The fraction of sp³-hybridized carbons (Fsp3) is 0.333. The summed E-state index contributed by atoms with van der Waals surface area (Å²) < 4.78 is 5.55. The normalized spacial score (nSPS) is 10.5. The molecule has 0 aliphatic carbocycles. The Bertz CT molecular complexity index is 557. The zero-order valence-electron chi connectivity index (χ0n) is 11.7. The molecule has 112 valence electrons. The van der Waals surface area contributed by atoms with Crippen LogP contribution in [-0.2, 0) is 17.9 Å². The van der Waals surface area contributed by atoms with Crippen LogP contribution in [0.15, 0.2) is 35.7 Å². The van der Waals surface area contributed by atoms with Gasteiger partial charge >= 0.3 is 0 Å². The Morgan fingerprint density at radius 3 is 2.86 bits per heavy atom. The van der Waals surface area contributed by atoms with E-state index in [4.69, 9.17) is 10.5 Å². The number of carbonyl (C=O) groups excluding carboxylic acids is 1. The quantitative estimate of drug-likeness (QED) is 0.731. The summed E-state index contributed by atoms with van der Waals surface area (Å²) in [6, 6.07) is 10.0. The Morgan fingerprint density at radius 2 is 2.14 bits per heavy atom.